The molecule has 0 radical (unpaired) electrons. The van der Waals surface area contributed by atoms with Crippen LogP contribution >= 0.6 is 0 Å². The van der Waals surface area contributed by atoms with Crippen LogP contribution in [0.1, 0.15) is 37.1 Å². The van der Waals surface area contributed by atoms with Crippen LogP contribution in [0.2, 0.25) is 0 Å². The van der Waals surface area contributed by atoms with Gasteiger partial charge in [0.15, 0.2) is 0 Å². The number of hydrogen-bond donors (Lipinski definition) is 0. The van der Waals surface area contributed by atoms with Crippen LogP contribution in [0.15, 0.2) is 18.3 Å². The largest absolute Gasteiger partial charge is 0.334 e. The SMILES string of the molecule is CC(=O)N1CCCC1c1cc(C)ccn1. The van der Waals surface area contributed by atoms with Crippen molar-refractivity contribution in [2.45, 2.75) is 32.7 Å². The van der Waals surface area contributed by atoms with Gasteiger partial charge in [0.25, 0.3) is 0 Å². The number of likely N-dealkylation sites (tertiary alicyclic amines) is 1. The Morgan fingerprint density at radius 3 is 3.07 bits per heavy atom. The van der Waals surface area contributed by atoms with E-state index in [2.05, 4.69) is 18.0 Å². The van der Waals surface area contributed by atoms with Crippen LogP contribution in [0.25, 0.3) is 0 Å². The van der Waals surface area contributed by atoms with Gasteiger partial charge in [-0.2, -0.15) is 0 Å². The molecule has 15 heavy (non-hydrogen) atoms. The average molecular weight is 204 g/mol. The lowest BCUT2D eigenvalue weighted by Crippen LogP contribution is -2.28. The molecule has 0 spiro atoms. The highest BCUT2D eigenvalue weighted by Crippen LogP contribution is 2.30. The van der Waals surface area contributed by atoms with E-state index in [0.717, 1.165) is 25.1 Å². The standard InChI is InChI=1S/C12H16N2O/c1-9-5-6-13-11(8-9)12-4-3-7-14(12)10(2)15/h5-6,8,12H,3-4,7H2,1-2H3. The zero-order valence-corrected chi connectivity index (χ0v) is 9.23. The summed E-state index contributed by atoms with van der Waals surface area (Å²) in [6.45, 7) is 4.56. The smallest absolute Gasteiger partial charge is 0.220 e. The Kier molecular flexibility index (Phi) is 2.71. The van der Waals surface area contributed by atoms with Crippen LogP contribution in [-0.4, -0.2) is 22.3 Å². The van der Waals surface area contributed by atoms with Crippen molar-refractivity contribution >= 4 is 5.91 Å². The van der Waals surface area contributed by atoms with Crippen LogP contribution in [0.5, 0.6) is 0 Å². The third-order valence-corrected chi connectivity index (χ3v) is 2.94. The van der Waals surface area contributed by atoms with Gasteiger partial charge in [-0.15, -0.1) is 0 Å². The molecule has 0 bridgehead atoms. The molecule has 1 atom stereocenters. The Balaban J connectivity index is 2.26. The van der Waals surface area contributed by atoms with Gasteiger partial charge in [-0.1, -0.05) is 0 Å². The van der Waals surface area contributed by atoms with E-state index >= 15 is 0 Å². The summed E-state index contributed by atoms with van der Waals surface area (Å²) in [6.07, 6.45) is 3.94. The van der Waals surface area contributed by atoms with E-state index < -0.39 is 0 Å². The van der Waals surface area contributed by atoms with Gasteiger partial charge in [0, 0.05) is 19.7 Å². The number of aromatic nitrogens is 1. The highest BCUT2D eigenvalue weighted by atomic mass is 16.2. The Bertz CT molecular complexity index is 376. The van der Waals surface area contributed by atoms with E-state index in [9.17, 15) is 4.79 Å². The highest BCUT2D eigenvalue weighted by Gasteiger charge is 2.28. The molecule has 1 aromatic heterocycles. The first-order valence-electron chi connectivity index (χ1n) is 5.38. The number of pyridine rings is 1. The van der Waals surface area contributed by atoms with Crippen molar-refractivity contribution in [3.8, 4) is 0 Å². The van der Waals surface area contributed by atoms with Crippen LogP contribution in [0.3, 0.4) is 0 Å². The van der Waals surface area contributed by atoms with E-state index in [-0.39, 0.29) is 11.9 Å². The number of amides is 1. The molecule has 80 valence electrons. The average Bonchev–Trinajstić information content (AvgIpc) is 2.65. The lowest BCUT2D eigenvalue weighted by Gasteiger charge is -2.22. The Morgan fingerprint density at radius 2 is 2.40 bits per heavy atom. The third kappa shape index (κ3) is 2.01. The third-order valence-electron chi connectivity index (χ3n) is 2.94. The minimum absolute atomic E-state index is 0.154. The molecular weight excluding hydrogens is 188 g/mol. The monoisotopic (exact) mass is 204 g/mol. The molecule has 1 amide bonds. The number of aryl methyl sites for hydroxylation is 1. The van der Waals surface area contributed by atoms with Gasteiger partial charge in [0.1, 0.15) is 0 Å². The van der Waals surface area contributed by atoms with Crippen molar-refractivity contribution in [2.75, 3.05) is 6.54 Å². The van der Waals surface area contributed by atoms with Crippen molar-refractivity contribution < 1.29 is 4.79 Å². The van der Waals surface area contributed by atoms with Crippen molar-refractivity contribution in [3.63, 3.8) is 0 Å². The number of carbonyl (C=O) groups excluding carboxylic acids is 1. The van der Waals surface area contributed by atoms with Crippen LogP contribution in [-0.2, 0) is 4.79 Å². The van der Waals surface area contributed by atoms with E-state index in [4.69, 9.17) is 0 Å². The molecule has 2 rings (SSSR count). The van der Waals surface area contributed by atoms with Gasteiger partial charge in [-0.3, -0.25) is 9.78 Å². The molecule has 0 N–H and O–H groups in total. The number of nitrogens with zero attached hydrogens (tertiary/aromatic N) is 2. The second-order valence-electron chi connectivity index (χ2n) is 4.13. The lowest BCUT2D eigenvalue weighted by atomic mass is 10.1. The molecule has 3 heteroatoms. The van der Waals surface area contributed by atoms with E-state index in [1.54, 1.807) is 6.92 Å². The van der Waals surface area contributed by atoms with E-state index in [0.29, 0.717) is 0 Å². The molecule has 1 saturated heterocycles. The Morgan fingerprint density at radius 1 is 1.60 bits per heavy atom. The molecule has 1 unspecified atom stereocenters. The van der Waals surface area contributed by atoms with Crippen molar-refractivity contribution in [1.82, 2.24) is 9.88 Å². The van der Waals surface area contributed by atoms with E-state index in [1.165, 1.54) is 5.56 Å². The maximum Gasteiger partial charge on any atom is 0.220 e. The van der Waals surface area contributed by atoms with Gasteiger partial charge in [-0.05, 0) is 37.5 Å². The van der Waals surface area contributed by atoms with Crippen molar-refractivity contribution in [3.05, 3.63) is 29.6 Å². The number of hydrogen-bond acceptors (Lipinski definition) is 2. The fourth-order valence-corrected chi connectivity index (χ4v) is 2.19. The molecule has 1 aliphatic heterocycles. The zero-order valence-electron chi connectivity index (χ0n) is 9.23. The first-order valence-corrected chi connectivity index (χ1v) is 5.38. The quantitative estimate of drug-likeness (QED) is 0.701. The van der Waals surface area contributed by atoms with Crippen molar-refractivity contribution in [1.29, 1.82) is 0 Å². The normalized spacial score (nSPS) is 20.7. The second-order valence-corrected chi connectivity index (χ2v) is 4.13. The topological polar surface area (TPSA) is 33.2 Å². The van der Waals surface area contributed by atoms with Crippen molar-refractivity contribution in [2.24, 2.45) is 0 Å². The number of rotatable bonds is 1. The molecule has 0 saturated carbocycles. The Labute approximate surface area is 90.1 Å². The van der Waals surface area contributed by atoms with Crippen LogP contribution in [0, 0.1) is 6.92 Å². The fraction of sp³-hybridized carbons (Fsp3) is 0.500. The molecule has 0 aromatic carbocycles. The Hall–Kier alpha value is -1.38. The van der Waals surface area contributed by atoms with Gasteiger partial charge < -0.3 is 4.90 Å². The summed E-state index contributed by atoms with van der Waals surface area (Å²) in [5.41, 5.74) is 2.23. The summed E-state index contributed by atoms with van der Waals surface area (Å²) < 4.78 is 0. The molecule has 0 aliphatic carbocycles. The van der Waals surface area contributed by atoms with Crippen LogP contribution < -0.4 is 0 Å². The minimum atomic E-state index is 0.154. The first kappa shape index (κ1) is 10.1. The molecular formula is C12H16N2O. The van der Waals surface area contributed by atoms with Gasteiger partial charge in [0.2, 0.25) is 5.91 Å². The minimum Gasteiger partial charge on any atom is -0.334 e. The summed E-state index contributed by atoms with van der Waals surface area (Å²) in [4.78, 5) is 17.7. The summed E-state index contributed by atoms with van der Waals surface area (Å²) in [5.74, 6) is 0.154. The van der Waals surface area contributed by atoms with Gasteiger partial charge in [-0.25, -0.2) is 0 Å². The van der Waals surface area contributed by atoms with E-state index in [1.807, 2.05) is 17.2 Å². The maximum absolute atomic E-state index is 11.4. The summed E-state index contributed by atoms with van der Waals surface area (Å²) in [7, 11) is 0. The zero-order chi connectivity index (χ0) is 10.8. The van der Waals surface area contributed by atoms with Gasteiger partial charge >= 0.3 is 0 Å². The molecule has 2 heterocycles. The second kappa shape index (κ2) is 4.01. The van der Waals surface area contributed by atoms with Crippen LogP contribution in [0.4, 0.5) is 0 Å². The molecule has 3 nitrogen and oxygen atoms in total. The molecule has 1 fully saturated rings. The summed E-state index contributed by atoms with van der Waals surface area (Å²) in [6, 6.07) is 4.25. The summed E-state index contributed by atoms with van der Waals surface area (Å²) in [5, 5.41) is 0. The van der Waals surface area contributed by atoms with Gasteiger partial charge in [0.05, 0.1) is 11.7 Å². The molecule has 1 aromatic rings. The predicted octanol–water partition coefficient (Wildman–Crippen LogP) is 2.07. The summed E-state index contributed by atoms with van der Waals surface area (Å²) >= 11 is 0. The molecule has 1 aliphatic rings. The highest BCUT2D eigenvalue weighted by molar-refractivity contribution is 5.74. The first-order chi connectivity index (χ1) is 7.18. The predicted molar refractivity (Wildman–Crippen MR) is 58.3 cm³/mol. The maximum atomic E-state index is 11.4. The fourth-order valence-electron chi connectivity index (χ4n) is 2.19. The lowest BCUT2D eigenvalue weighted by molar-refractivity contribution is -0.129. The number of carbonyl (C=O) groups is 1.